The Bertz CT molecular complexity index is 1090. The van der Waals surface area contributed by atoms with Crippen LogP contribution in [-0.4, -0.2) is 32.7 Å². The fourth-order valence-corrected chi connectivity index (χ4v) is 7.39. The quantitative estimate of drug-likeness (QED) is 0.752. The van der Waals surface area contributed by atoms with Gasteiger partial charge in [-0.2, -0.15) is 10.4 Å². The lowest BCUT2D eigenvalue weighted by atomic mass is 9.50. The average Bonchev–Trinajstić information content (AvgIpc) is 3.49. The molecule has 2 aromatic rings. The van der Waals surface area contributed by atoms with Crippen LogP contribution < -0.4 is 0 Å². The molecule has 0 spiro atoms. The van der Waals surface area contributed by atoms with Gasteiger partial charge in [0, 0.05) is 24.5 Å². The highest BCUT2D eigenvalue weighted by atomic mass is 16.2. The Kier molecular flexibility index (Phi) is 3.60. The maximum Gasteiger partial charge on any atom is 0.232 e. The lowest BCUT2D eigenvalue weighted by molar-refractivity contribution is -0.164. The molecule has 1 amide bonds. The van der Waals surface area contributed by atoms with Crippen molar-refractivity contribution in [3.05, 3.63) is 29.5 Å². The van der Waals surface area contributed by atoms with Crippen LogP contribution in [0.5, 0.6) is 0 Å². The van der Waals surface area contributed by atoms with E-state index in [4.69, 9.17) is 5.10 Å². The summed E-state index contributed by atoms with van der Waals surface area (Å²) < 4.78 is 1.94. The molecule has 3 heterocycles. The number of amides is 1. The zero-order chi connectivity index (χ0) is 20.8. The normalized spacial score (nSPS) is 35.6. The molecule has 4 bridgehead atoms. The number of nitriles is 1. The Labute approximate surface area is 178 Å². The molecule has 2 aliphatic heterocycles. The van der Waals surface area contributed by atoms with Crippen molar-refractivity contribution in [3.63, 3.8) is 0 Å². The summed E-state index contributed by atoms with van der Waals surface area (Å²) in [5, 5.41) is 16.0. The van der Waals surface area contributed by atoms with E-state index in [2.05, 4.69) is 36.1 Å². The zero-order valence-corrected chi connectivity index (χ0v) is 18.2. The van der Waals surface area contributed by atoms with Gasteiger partial charge in [-0.15, -0.1) is 0 Å². The van der Waals surface area contributed by atoms with Crippen molar-refractivity contribution < 1.29 is 4.79 Å². The predicted octanol–water partition coefficient (Wildman–Crippen LogP) is 4.63. The molecule has 3 unspecified atom stereocenters. The van der Waals surface area contributed by atoms with Crippen molar-refractivity contribution in [1.82, 2.24) is 14.7 Å². The molecule has 1 aromatic heterocycles. The highest BCUT2D eigenvalue weighted by molar-refractivity contribution is 5.93. The minimum atomic E-state index is -0.253. The van der Waals surface area contributed by atoms with Crippen LogP contribution in [0.25, 0.3) is 10.9 Å². The van der Waals surface area contributed by atoms with Crippen LogP contribution in [0.3, 0.4) is 0 Å². The van der Waals surface area contributed by atoms with Crippen LogP contribution in [0.4, 0.5) is 0 Å². The van der Waals surface area contributed by atoms with Gasteiger partial charge in [0.2, 0.25) is 5.91 Å². The van der Waals surface area contributed by atoms with Crippen molar-refractivity contribution in [2.45, 2.75) is 82.7 Å². The van der Waals surface area contributed by atoms with Crippen molar-refractivity contribution >= 4 is 16.8 Å². The number of fused-ring (bicyclic) bond motifs is 1. The van der Waals surface area contributed by atoms with Crippen LogP contribution in [0, 0.1) is 22.2 Å². The van der Waals surface area contributed by atoms with E-state index in [1.54, 1.807) is 0 Å². The number of benzene rings is 1. The largest absolute Gasteiger partial charge is 0.336 e. The Balaban J connectivity index is 1.37. The Morgan fingerprint density at radius 1 is 1.23 bits per heavy atom. The first-order valence-electron chi connectivity index (χ1n) is 11.5. The van der Waals surface area contributed by atoms with E-state index in [0.29, 0.717) is 5.92 Å². The van der Waals surface area contributed by atoms with Crippen LogP contribution in [0.15, 0.2) is 18.2 Å². The maximum atomic E-state index is 13.9. The monoisotopic (exact) mass is 402 g/mol. The van der Waals surface area contributed by atoms with E-state index in [-0.39, 0.29) is 34.7 Å². The van der Waals surface area contributed by atoms with Gasteiger partial charge in [0.05, 0.1) is 28.6 Å². The first-order valence-corrected chi connectivity index (χ1v) is 11.5. The third kappa shape index (κ3) is 2.46. The van der Waals surface area contributed by atoms with Gasteiger partial charge < -0.3 is 4.90 Å². The number of piperidine rings is 2. The first-order chi connectivity index (χ1) is 14.3. The lowest BCUT2D eigenvalue weighted by Crippen LogP contribution is -2.66. The summed E-state index contributed by atoms with van der Waals surface area (Å²) in [7, 11) is 1.99. The van der Waals surface area contributed by atoms with E-state index < -0.39 is 0 Å². The van der Waals surface area contributed by atoms with Crippen molar-refractivity contribution in [2.75, 3.05) is 0 Å². The SMILES string of the molecule is CC(C(=O)N1C2CC3(C)CC1CC(C#N)(C2)C3)c1nn(C)c2cccc(C3CC3)c12. The van der Waals surface area contributed by atoms with Crippen molar-refractivity contribution in [2.24, 2.45) is 17.9 Å². The van der Waals surface area contributed by atoms with Gasteiger partial charge in [-0.3, -0.25) is 9.48 Å². The van der Waals surface area contributed by atoms with Gasteiger partial charge in [-0.1, -0.05) is 19.1 Å². The van der Waals surface area contributed by atoms with Gasteiger partial charge in [-0.25, -0.2) is 0 Å². The van der Waals surface area contributed by atoms with E-state index in [1.807, 2.05) is 18.7 Å². The van der Waals surface area contributed by atoms with Crippen LogP contribution >= 0.6 is 0 Å². The molecule has 5 aliphatic rings. The number of carbonyl (C=O) groups excluding carboxylic acids is 1. The molecule has 1 aromatic carbocycles. The van der Waals surface area contributed by atoms with E-state index in [1.165, 1.54) is 23.8 Å². The molecule has 7 rings (SSSR count). The second kappa shape index (κ2) is 5.87. The van der Waals surface area contributed by atoms with Crippen LogP contribution in [0.2, 0.25) is 0 Å². The zero-order valence-electron chi connectivity index (χ0n) is 18.2. The molecule has 2 saturated heterocycles. The molecule has 0 N–H and O–H groups in total. The summed E-state index contributed by atoms with van der Waals surface area (Å²) in [6.07, 6.45) is 7.27. The van der Waals surface area contributed by atoms with Gasteiger partial charge in [0.25, 0.3) is 0 Å². The highest BCUT2D eigenvalue weighted by Crippen LogP contribution is 2.61. The molecule has 5 fully saturated rings. The van der Waals surface area contributed by atoms with Gasteiger partial charge in [0.1, 0.15) is 0 Å². The van der Waals surface area contributed by atoms with Crippen molar-refractivity contribution in [3.8, 4) is 6.07 Å². The molecule has 5 nitrogen and oxygen atoms in total. The Morgan fingerprint density at radius 2 is 1.93 bits per heavy atom. The molecule has 0 radical (unpaired) electrons. The first kappa shape index (κ1) is 18.4. The number of hydrogen-bond donors (Lipinski definition) is 0. The second-order valence-corrected chi connectivity index (χ2v) is 11.0. The minimum Gasteiger partial charge on any atom is -0.336 e. The summed E-state index contributed by atoms with van der Waals surface area (Å²) in [6, 6.07) is 9.55. The van der Waals surface area contributed by atoms with Gasteiger partial charge >= 0.3 is 0 Å². The summed E-state index contributed by atoms with van der Waals surface area (Å²) in [6.45, 7) is 4.37. The number of aryl methyl sites for hydroxylation is 1. The summed E-state index contributed by atoms with van der Waals surface area (Å²) in [5.41, 5.74) is 3.45. The fourth-order valence-electron chi connectivity index (χ4n) is 7.39. The molecule has 30 heavy (non-hydrogen) atoms. The fraction of sp³-hybridized carbons (Fsp3) is 0.640. The smallest absolute Gasteiger partial charge is 0.232 e. The van der Waals surface area contributed by atoms with E-state index >= 15 is 0 Å². The molecule has 3 atom stereocenters. The van der Waals surface area contributed by atoms with Gasteiger partial charge in [0.15, 0.2) is 0 Å². The third-order valence-electron chi connectivity index (χ3n) is 8.49. The van der Waals surface area contributed by atoms with Crippen LogP contribution in [0.1, 0.15) is 81.9 Å². The minimum absolute atomic E-state index is 0.211. The Hall–Kier alpha value is -2.35. The number of carbonyl (C=O) groups is 1. The van der Waals surface area contributed by atoms with E-state index in [9.17, 15) is 10.1 Å². The van der Waals surface area contributed by atoms with Gasteiger partial charge in [-0.05, 0) is 74.8 Å². The third-order valence-corrected chi connectivity index (χ3v) is 8.49. The molecule has 5 heteroatoms. The summed E-state index contributed by atoms with van der Waals surface area (Å²) in [4.78, 5) is 16.1. The number of rotatable bonds is 3. The molecule has 156 valence electrons. The topological polar surface area (TPSA) is 61.9 Å². The average molecular weight is 403 g/mol. The standard InChI is InChI=1S/C25H30N4O/c1-15(22-21-19(16-7-8-16)5-4-6-20(21)28(3)27-22)23(30)29-17-9-24(2)10-18(29)12-25(11-17,13-24)14-26/h4-6,15-18H,7-13H2,1-3H3. The maximum absolute atomic E-state index is 13.9. The second-order valence-electron chi connectivity index (χ2n) is 11.0. The predicted molar refractivity (Wildman–Crippen MR) is 115 cm³/mol. The molecular formula is C25H30N4O. The summed E-state index contributed by atoms with van der Waals surface area (Å²) >= 11 is 0. The van der Waals surface area contributed by atoms with Crippen LogP contribution in [-0.2, 0) is 11.8 Å². The molecule has 3 saturated carbocycles. The number of aromatic nitrogens is 2. The molecular weight excluding hydrogens is 372 g/mol. The highest BCUT2D eigenvalue weighted by Gasteiger charge is 2.60. The van der Waals surface area contributed by atoms with E-state index in [0.717, 1.165) is 43.3 Å². The molecule has 3 aliphatic carbocycles. The lowest BCUT2D eigenvalue weighted by Gasteiger charge is -2.63. The number of nitrogens with zero attached hydrogens (tertiary/aromatic N) is 4. The Morgan fingerprint density at radius 3 is 2.57 bits per heavy atom. The summed E-state index contributed by atoms with van der Waals surface area (Å²) in [5.74, 6) is 0.582. The van der Waals surface area contributed by atoms with Crippen molar-refractivity contribution in [1.29, 1.82) is 5.26 Å². The number of hydrogen-bond acceptors (Lipinski definition) is 3.